The van der Waals surface area contributed by atoms with E-state index in [-0.39, 0.29) is 17.3 Å². The van der Waals surface area contributed by atoms with Crippen LogP contribution in [-0.2, 0) is 9.84 Å². The molecule has 132 valence electrons. The number of urea groups is 1. The van der Waals surface area contributed by atoms with Crippen LogP contribution in [0.4, 0.5) is 4.79 Å². The monoisotopic (exact) mass is 342 g/mol. The number of nitrogens with one attached hydrogen (secondary N) is 2. The van der Waals surface area contributed by atoms with Gasteiger partial charge < -0.3 is 10.6 Å². The molecule has 5 nitrogen and oxygen atoms in total. The molecule has 3 aliphatic carbocycles. The first-order valence-corrected chi connectivity index (χ1v) is 11.1. The Bertz CT molecular complexity index is 520. The quantitative estimate of drug-likeness (QED) is 0.824. The lowest BCUT2D eigenvalue weighted by atomic mass is 9.85. The Hall–Kier alpha value is -0.780. The lowest BCUT2D eigenvalue weighted by Crippen LogP contribution is -2.46. The van der Waals surface area contributed by atoms with Gasteiger partial charge in [-0.25, -0.2) is 13.2 Å². The SMILES string of the molecule is CS(=O)(=O)C1CCC(NC(=O)N[C@@H]2C[C@H]2C2CCCCC2)CC1. The van der Waals surface area contributed by atoms with Gasteiger partial charge in [-0.05, 0) is 43.9 Å². The van der Waals surface area contributed by atoms with Crippen molar-refractivity contribution >= 4 is 15.9 Å². The highest BCUT2D eigenvalue weighted by Crippen LogP contribution is 2.44. The van der Waals surface area contributed by atoms with E-state index in [1.54, 1.807) is 0 Å². The summed E-state index contributed by atoms with van der Waals surface area (Å²) in [6.45, 7) is 0. The van der Waals surface area contributed by atoms with E-state index in [9.17, 15) is 13.2 Å². The summed E-state index contributed by atoms with van der Waals surface area (Å²) in [4.78, 5) is 12.1. The third-order valence-corrected chi connectivity index (χ3v) is 7.71. The maximum atomic E-state index is 12.1. The van der Waals surface area contributed by atoms with Crippen molar-refractivity contribution in [2.45, 2.75) is 81.5 Å². The molecule has 0 aromatic rings. The van der Waals surface area contributed by atoms with Crippen LogP contribution in [0.2, 0.25) is 0 Å². The van der Waals surface area contributed by atoms with Crippen LogP contribution >= 0.6 is 0 Å². The first-order chi connectivity index (χ1) is 10.9. The van der Waals surface area contributed by atoms with E-state index in [0.717, 1.165) is 25.2 Å². The minimum absolute atomic E-state index is 0.0592. The first-order valence-electron chi connectivity index (χ1n) is 9.19. The van der Waals surface area contributed by atoms with Crippen molar-refractivity contribution in [1.82, 2.24) is 10.6 Å². The van der Waals surface area contributed by atoms with Gasteiger partial charge in [0, 0.05) is 18.3 Å². The van der Waals surface area contributed by atoms with Crippen molar-refractivity contribution in [3.8, 4) is 0 Å². The average molecular weight is 343 g/mol. The van der Waals surface area contributed by atoms with Gasteiger partial charge in [-0.1, -0.05) is 32.1 Å². The molecular weight excluding hydrogens is 312 g/mol. The number of carbonyl (C=O) groups excluding carboxylic acids is 1. The Labute approximate surface area is 139 Å². The largest absolute Gasteiger partial charge is 0.335 e. The molecule has 0 aliphatic heterocycles. The average Bonchev–Trinajstić information content (AvgIpc) is 3.27. The zero-order valence-electron chi connectivity index (χ0n) is 14.1. The summed E-state index contributed by atoms with van der Waals surface area (Å²) < 4.78 is 23.1. The molecule has 2 N–H and O–H groups in total. The van der Waals surface area contributed by atoms with E-state index in [2.05, 4.69) is 10.6 Å². The highest BCUT2D eigenvalue weighted by molar-refractivity contribution is 7.91. The van der Waals surface area contributed by atoms with Crippen LogP contribution < -0.4 is 10.6 Å². The molecule has 2 atom stereocenters. The molecule has 0 heterocycles. The summed E-state index contributed by atoms with van der Waals surface area (Å²) in [5, 5.41) is 5.94. The molecule has 0 aromatic heterocycles. The molecule has 2 amide bonds. The fraction of sp³-hybridized carbons (Fsp3) is 0.941. The summed E-state index contributed by atoms with van der Waals surface area (Å²) in [7, 11) is -2.93. The van der Waals surface area contributed by atoms with Crippen LogP contribution in [0.3, 0.4) is 0 Å². The minimum atomic E-state index is -2.93. The maximum absolute atomic E-state index is 12.1. The normalized spacial score (nSPS) is 35.5. The van der Waals surface area contributed by atoms with Gasteiger partial charge in [-0.15, -0.1) is 0 Å². The van der Waals surface area contributed by atoms with Crippen molar-refractivity contribution in [2.75, 3.05) is 6.26 Å². The molecule has 3 fully saturated rings. The van der Waals surface area contributed by atoms with Crippen LogP contribution in [0.25, 0.3) is 0 Å². The second-order valence-electron chi connectivity index (χ2n) is 7.83. The predicted octanol–water partition coefficient (Wildman–Crippen LogP) is 2.61. The maximum Gasteiger partial charge on any atom is 0.315 e. The molecule has 0 bridgehead atoms. The Morgan fingerprint density at radius 3 is 2.17 bits per heavy atom. The van der Waals surface area contributed by atoms with Crippen molar-refractivity contribution in [2.24, 2.45) is 11.8 Å². The molecule has 3 saturated carbocycles. The Morgan fingerprint density at radius 2 is 1.57 bits per heavy atom. The van der Waals surface area contributed by atoms with Crippen molar-refractivity contribution < 1.29 is 13.2 Å². The molecule has 3 rings (SSSR count). The topological polar surface area (TPSA) is 75.3 Å². The Balaban J connectivity index is 1.36. The van der Waals surface area contributed by atoms with Crippen molar-refractivity contribution in [1.29, 1.82) is 0 Å². The van der Waals surface area contributed by atoms with Gasteiger partial charge >= 0.3 is 6.03 Å². The van der Waals surface area contributed by atoms with Crippen LogP contribution in [-0.4, -0.2) is 38.0 Å². The standard InChI is InChI=1S/C17H30N2O3S/c1-23(21,22)14-9-7-13(8-10-14)18-17(20)19-16-11-15(16)12-5-3-2-4-6-12/h12-16H,2-11H2,1H3,(H2,18,19,20)/t13?,14?,15-,16+/m0/s1. The van der Waals surface area contributed by atoms with Gasteiger partial charge in [0.1, 0.15) is 9.84 Å². The van der Waals surface area contributed by atoms with E-state index in [1.807, 2.05) is 0 Å². The van der Waals surface area contributed by atoms with E-state index >= 15 is 0 Å². The Morgan fingerprint density at radius 1 is 0.913 bits per heavy atom. The van der Waals surface area contributed by atoms with Crippen LogP contribution in [0.1, 0.15) is 64.2 Å². The van der Waals surface area contributed by atoms with Gasteiger partial charge in [0.2, 0.25) is 0 Å². The first kappa shape index (κ1) is 17.1. The van der Waals surface area contributed by atoms with Gasteiger partial charge in [-0.2, -0.15) is 0 Å². The molecular formula is C17H30N2O3S. The second kappa shape index (κ2) is 6.99. The molecule has 6 heteroatoms. The number of hydrogen-bond donors (Lipinski definition) is 2. The fourth-order valence-electron chi connectivity index (χ4n) is 4.49. The second-order valence-corrected chi connectivity index (χ2v) is 10.2. The van der Waals surface area contributed by atoms with Gasteiger partial charge in [0.25, 0.3) is 0 Å². The van der Waals surface area contributed by atoms with Gasteiger partial charge in [-0.3, -0.25) is 0 Å². The molecule has 0 spiro atoms. The fourth-order valence-corrected chi connectivity index (χ4v) is 5.62. The van der Waals surface area contributed by atoms with Crippen molar-refractivity contribution in [3.63, 3.8) is 0 Å². The molecule has 0 unspecified atom stereocenters. The highest BCUT2D eigenvalue weighted by atomic mass is 32.2. The van der Waals surface area contributed by atoms with E-state index < -0.39 is 9.84 Å². The third-order valence-electron chi connectivity index (χ3n) is 6.03. The van der Waals surface area contributed by atoms with Crippen LogP contribution in [0, 0.1) is 11.8 Å². The molecule has 0 aromatic carbocycles. The molecule has 0 saturated heterocycles. The third kappa shape index (κ3) is 4.61. The summed E-state index contributed by atoms with van der Waals surface area (Å²) in [5.41, 5.74) is 0. The van der Waals surface area contributed by atoms with Crippen LogP contribution in [0.5, 0.6) is 0 Å². The van der Waals surface area contributed by atoms with Crippen LogP contribution in [0.15, 0.2) is 0 Å². The van der Waals surface area contributed by atoms with E-state index in [1.165, 1.54) is 38.4 Å². The summed E-state index contributed by atoms with van der Waals surface area (Å²) in [6, 6.07) is 0.432. The van der Waals surface area contributed by atoms with Crippen molar-refractivity contribution in [3.05, 3.63) is 0 Å². The molecule has 0 radical (unpaired) electrons. The lowest BCUT2D eigenvalue weighted by molar-refractivity contribution is 0.230. The number of carbonyl (C=O) groups is 1. The zero-order valence-corrected chi connectivity index (χ0v) is 14.9. The van der Waals surface area contributed by atoms with Gasteiger partial charge in [0.05, 0.1) is 5.25 Å². The summed E-state index contributed by atoms with van der Waals surface area (Å²) in [6.07, 6.45) is 12.1. The van der Waals surface area contributed by atoms with E-state index in [4.69, 9.17) is 0 Å². The minimum Gasteiger partial charge on any atom is -0.335 e. The van der Waals surface area contributed by atoms with E-state index in [0.29, 0.717) is 24.8 Å². The summed E-state index contributed by atoms with van der Waals surface area (Å²) in [5.74, 6) is 1.52. The summed E-state index contributed by atoms with van der Waals surface area (Å²) >= 11 is 0. The number of sulfone groups is 1. The number of hydrogen-bond acceptors (Lipinski definition) is 3. The smallest absolute Gasteiger partial charge is 0.315 e. The van der Waals surface area contributed by atoms with Gasteiger partial charge in [0.15, 0.2) is 0 Å². The highest BCUT2D eigenvalue weighted by Gasteiger charge is 2.44. The predicted molar refractivity (Wildman–Crippen MR) is 91.0 cm³/mol. The zero-order chi connectivity index (χ0) is 16.4. The number of rotatable bonds is 4. The Kier molecular flexibility index (Phi) is 5.19. The molecule has 23 heavy (non-hydrogen) atoms. The molecule has 3 aliphatic rings. The lowest BCUT2D eigenvalue weighted by Gasteiger charge is -2.28. The number of amides is 2.